The van der Waals surface area contributed by atoms with E-state index in [-0.39, 0.29) is 32.5 Å². The van der Waals surface area contributed by atoms with E-state index in [9.17, 15) is 0 Å². The Morgan fingerprint density at radius 1 is 0.278 bits per heavy atom. The third-order valence-electron chi connectivity index (χ3n) is 24.3. The van der Waals surface area contributed by atoms with Crippen LogP contribution in [0, 0.1) is 0 Å². The van der Waals surface area contributed by atoms with Gasteiger partial charge in [0, 0.05) is 78.5 Å². The highest BCUT2D eigenvalue weighted by molar-refractivity contribution is 7.01. The summed E-state index contributed by atoms with van der Waals surface area (Å²) >= 11 is 0. The summed E-state index contributed by atoms with van der Waals surface area (Å²) in [7, 11) is 0. The zero-order valence-corrected chi connectivity index (χ0v) is 70.1. The summed E-state index contributed by atoms with van der Waals surface area (Å²) in [6, 6.07) is 116. The molecule has 14 aromatic carbocycles. The Bertz CT molecular complexity index is 6240. The summed E-state index contributed by atoms with van der Waals surface area (Å²) in [5, 5.41) is 4.54. The fourth-order valence-corrected chi connectivity index (χ4v) is 17.9. The first-order chi connectivity index (χ1) is 54.8. The van der Waals surface area contributed by atoms with E-state index in [0.717, 1.165) is 140 Å². The van der Waals surface area contributed by atoms with Crippen LogP contribution < -0.4 is 36.0 Å². The minimum atomic E-state index is -0.423. The van der Waals surface area contributed by atoms with Crippen LogP contribution in [0.1, 0.15) is 158 Å². The molecule has 0 saturated carbocycles. The van der Waals surface area contributed by atoms with Gasteiger partial charge in [-0.05, 0) is 215 Å². The normalized spacial score (nSPS) is 13.3. The topological polar surface area (TPSA) is 31.0 Å². The monoisotopic (exact) mass is 1500 g/mol. The molecule has 0 atom stereocenters. The molecule has 2 aliphatic heterocycles. The largest absolute Gasteiger partial charge is 0.456 e. The number of anilines is 12. The molecule has 0 bridgehead atoms. The quantitative estimate of drug-likeness (QED) is 0.120. The predicted molar refractivity (Wildman–Crippen MR) is 495 cm³/mol. The molecule has 0 saturated heterocycles. The van der Waals surface area contributed by atoms with Crippen LogP contribution in [-0.4, -0.2) is 11.3 Å². The van der Waals surface area contributed by atoms with Crippen molar-refractivity contribution < 1.29 is 4.42 Å². The highest BCUT2D eigenvalue weighted by Crippen LogP contribution is 2.55. The van der Waals surface area contributed by atoms with Gasteiger partial charge in [-0.25, -0.2) is 0 Å². The number of aromatic nitrogens is 1. The summed E-state index contributed by atoms with van der Waals surface area (Å²) in [6.07, 6.45) is 0. The maximum Gasteiger partial charge on any atom is 0.257 e. The molecule has 6 nitrogen and oxygen atoms in total. The van der Waals surface area contributed by atoms with Crippen LogP contribution in [0.2, 0.25) is 0 Å². The molecule has 0 aliphatic carbocycles. The van der Waals surface area contributed by atoms with Crippen LogP contribution in [0.4, 0.5) is 68.2 Å². The molecule has 115 heavy (non-hydrogen) atoms. The van der Waals surface area contributed by atoms with E-state index in [1.807, 2.05) is 0 Å². The Morgan fingerprint density at radius 2 is 0.643 bits per heavy atom. The molecule has 0 radical (unpaired) electrons. The molecular formula is C108H104BN5O. The molecule has 0 unspecified atom stereocenters. The zero-order valence-electron chi connectivity index (χ0n) is 70.1. The summed E-state index contributed by atoms with van der Waals surface area (Å²) in [4.78, 5) is 10.3. The van der Waals surface area contributed by atoms with Gasteiger partial charge in [0.25, 0.3) is 6.71 Å². The first kappa shape index (κ1) is 74.4. The molecule has 570 valence electrons. The lowest BCUT2D eigenvalue weighted by Gasteiger charge is -2.45. The number of hydrogen-bond acceptors (Lipinski definition) is 5. The number of furan rings is 1. The van der Waals surface area contributed by atoms with E-state index < -0.39 is 6.71 Å². The van der Waals surface area contributed by atoms with Gasteiger partial charge < -0.3 is 28.6 Å². The molecule has 7 heteroatoms. The summed E-state index contributed by atoms with van der Waals surface area (Å²) in [6.45, 7) is 41.2. The Labute approximate surface area is 681 Å². The molecule has 4 heterocycles. The van der Waals surface area contributed by atoms with Crippen LogP contribution >= 0.6 is 0 Å². The highest BCUT2D eigenvalue weighted by Gasteiger charge is 2.48. The second kappa shape index (κ2) is 27.3. The lowest BCUT2D eigenvalue weighted by Crippen LogP contribution is -2.61. The maximum absolute atomic E-state index is 7.97. The SMILES string of the molecule is CC(C)(C)c1ccc(N(c2ccc(C(C)(C)C)cc2)c2ccc3c(c2)N(c2ccccc2-c2ccccc2)c2cc(-n4c5ccc(C(C)(C)C)cc5c5cc(C(C)(C)C)ccc54)cc4c2B3c2c(cc(N(c3ccc(C(C)(C)C)cc3)c3ccc(C(C)(C)C)cc3)c3c2oc2ccccc23)N4c2ccccc2-c2ccccc2)cc1. The Hall–Kier alpha value is -12.1. The van der Waals surface area contributed by atoms with Gasteiger partial charge >= 0.3 is 0 Å². The minimum Gasteiger partial charge on any atom is -0.456 e. The van der Waals surface area contributed by atoms with Crippen molar-refractivity contribution in [2.24, 2.45) is 0 Å². The van der Waals surface area contributed by atoms with E-state index in [2.05, 4.69) is 452 Å². The number of benzene rings is 14. The summed E-state index contributed by atoms with van der Waals surface area (Å²) in [5.74, 6) is 0. The van der Waals surface area contributed by atoms with Crippen molar-refractivity contribution >= 4 is 135 Å². The Morgan fingerprint density at radius 3 is 1.08 bits per heavy atom. The zero-order chi connectivity index (χ0) is 80.2. The number of nitrogens with zero attached hydrogens (tertiary/aromatic N) is 5. The second-order valence-electron chi connectivity index (χ2n) is 38.3. The van der Waals surface area contributed by atoms with Crippen LogP contribution in [0.3, 0.4) is 0 Å². The Balaban J connectivity index is 1.03. The molecule has 16 aromatic rings. The van der Waals surface area contributed by atoms with E-state index >= 15 is 0 Å². The number of fused-ring (bicyclic) bond motifs is 11. The second-order valence-corrected chi connectivity index (χ2v) is 38.3. The fourth-order valence-electron chi connectivity index (χ4n) is 17.9. The number of hydrogen-bond donors (Lipinski definition) is 0. The molecule has 0 spiro atoms. The highest BCUT2D eigenvalue weighted by atomic mass is 16.3. The van der Waals surface area contributed by atoms with Crippen molar-refractivity contribution in [1.82, 2.24) is 4.57 Å². The van der Waals surface area contributed by atoms with Gasteiger partial charge in [0.2, 0.25) is 0 Å². The first-order valence-corrected chi connectivity index (χ1v) is 41.2. The van der Waals surface area contributed by atoms with E-state index in [1.165, 1.54) is 49.6 Å². The van der Waals surface area contributed by atoms with Gasteiger partial charge in [0.1, 0.15) is 11.2 Å². The average Bonchev–Trinajstić information content (AvgIpc) is 1.62. The van der Waals surface area contributed by atoms with E-state index in [0.29, 0.717) is 0 Å². The lowest BCUT2D eigenvalue weighted by atomic mass is 9.33. The van der Waals surface area contributed by atoms with Crippen molar-refractivity contribution in [2.45, 2.75) is 157 Å². The molecule has 2 aromatic heterocycles. The average molecular weight is 1500 g/mol. The fraction of sp³-hybridized carbons (Fsp3) is 0.222. The molecule has 18 rings (SSSR count). The van der Waals surface area contributed by atoms with Crippen molar-refractivity contribution in [3.05, 3.63) is 337 Å². The molecule has 2 aliphatic rings. The lowest BCUT2D eigenvalue weighted by molar-refractivity contribution is 0.590. The number of para-hydroxylation sites is 3. The first-order valence-electron chi connectivity index (χ1n) is 41.2. The van der Waals surface area contributed by atoms with Gasteiger partial charge in [-0.2, -0.15) is 0 Å². The van der Waals surface area contributed by atoms with E-state index in [4.69, 9.17) is 4.42 Å². The van der Waals surface area contributed by atoms with Crippen molar-refractivity contribution in [1.29, 1.82) is 0 Å². The third kappa shape index (κ3) is 13.0. The van der Waals surface area contributed by atoms with Gasteiger partial charge in [-0.3, -0.25) is 0 Å². The molecule has 0 N–H and O–H groups in total. The molecule has 0 amide bonds. The Kier molecular flexibility index (Phi) is 17.7. The van der Waals surface area contributed by atoms with E-state index in [1.54, 1.807) is 0 Å². The van der Waals surface area contributed by atoms with Crippen molar-refractivity contribution in [3.8, 4) is 27.9 Å². The summed E-state index contributed by atoms with van der Waals surface area (Å²) < 4.78 is 10.6. The van der Waals surface area contributed by atoms with Crippen LogP contribution in [0.5, 0.6) is 0 Å². The van der Waals surface area contributed by atoms with Crippen LogP contribution in [0.25, 0.3) is 71.7 Å². The molecular weight excluding hydrogens is 1390 g/mol. The van der Waals surface area contributed by atoms with Crippen LogP contribution in [0.15, 0.2) is 308 Å². The van der Waals surface area contributed by atoms with Crippen molar-refractivity contribution in [2.75, 3.05) is 19.6 Å². The van der Waals surface area contributed by atoms with Gasteiger partial charge in [-0.15, -0.1) is 0 Å². The van der Waals surface area contributed by atoms with Crippen LogP contribution in [-0.2, 0) is 32.5 Å². The van der Waals surface area contributed by atoms with Crippen molar-refractivity contribution in [3.63, 3.8) is 0 Å². The number of rotatable bonds is 11. The van der Waals surface area contributed by atoms with Gasteiger partial charge in [0.15, 0.2) is 0 Å². The third-order valence-corrected chi connectivity index (χ3v) is 24.3. The smallest absolute Gasteiger partial charge is 0.257 e. The van der Waals surface area contributed by atoms with Gasteiger partial charge in [0.05, 0.1) is 39.2 Å². The minimum absolute atomic E-state index is 0.0551. The standard InChI is InChI=1S/C108H104BN5O/c1-103(2,3)71-41-51-77(52-42-71)110(78-53-43-72(44-54-78)104(4,5)6)81-59-60-88-93(65-81)113(89-38-28-25-35-83(89)69-31-21-19-22-32-69)95-66-82(112-91-61-49-75(107(13,14)15)63-86(91)87-64-76(108(16,17)18)50-62-92(87)112)67-96-100(95)109(88)101-97(114(96)90-39-29-26-36-84(90)70-33-23-20-24-34-70)68-94(99-85-37-27-30-40-98(85)115-102(99)101)111(79-55-45-73(46-56-79)105(7,8)9)80-57-47-74(48-58-80)106(10,11)12/h19-68H,1-18H3. The molecule has 0 fully saturated rings. The van der Waals surface area contributed by atoms with Gasteiger partial charge in [-0.1, -0.05) is 307 Å². The maximum atomic E-state index is 7.97. The summed E-state index contributed by atoms with van der Waals surface area (Å²) in [5.41, 5.74) is 32.6. The predicted octanol–water partition coefficient (Wildman–Crippen LogP) is 28.8.